The van der Waals surface area contributed by atoms with E-state index in [2.05, 4.69) is 51.8 Å². The molecule has 0 unspecified atom stereocenters. The number of nitrogens with zero attached hydrogens (tertiary/aromatic N) is 4. The second-order valence-corrected chi connectivity index (χ2v) is 4.72. The summed E-state index contributed by atoms with van der Waals surface area (Å²) in [5.74, 6) is 0. The molecule has 3 rings (SSSR count). The number of hydrogen-bond donors (Lipinski definition) is 0. The van der Waals surface area contributed by atoms with E-state index in [0.717, 1.165) is 31.0 Å². The van der Waals surface area contributed by atoms with Crippen LogP contribution in [0.1, 0.15) is 0 Å². The summed E-state index contributed by atoms with van der Waals surface area (Å²) in [5.41, 5.74) is 3.12. The minimum absolute atomic E-state index is 0.780. The molecule has 0 fully saturated rings. The molecule has 3 aromatic rings. The van der Waals surface area contributed by atoms with Crippen LogP contribution >= 0.6 is 31.9 Å². The van der Waals surface area contributed by atoms with Crippen molar-refractivity contribution >= 4 is 53.9 Å². The number of aromatic nitrogens is 4. The van der Waals surface area contributed by atoms with E-state index in [1.165, 1.54) is 0 Å². The first-order valence-electron chi connectivity index (χ1n) is 4.47. The molecule has 0 aliphatic carbocycles. The number of fused-ring (bicyclic) bond motifs is 2. The molecule has 0 spiro atoms. The molecule has 0 saturated carbocycles. The number of halogens is 2. The number of hydrogen-bond acceptors (Lipinski definition) is 4. The van der Waals surface area contributed by atoms with Crippen LogP contribution < -0.4 is 0 Å². The zero-order valence-corrected chi connectivity index (χ0v) is 11.0. The fourth-order valence-corrected chi connectivity index (χ4v) is 2.70. The van der Waals surface area contributed by atoms with Crippen LogP contribution in [0.2, 0.25) is 0 Å². The second kappa shape index (κ2) is 3.71. The standard InChI is InChI=1S/C10H4Br2N4/c11-5-7-8(14-2-1-13-7)6(12)10-9(5)15-3-4-16-10/h1-4H. The monoisotopic (exact) mass is 338 g/mol. The second-order valence-electron chi connectivity index (χ2n) is 3.14. The Balaban J connectivity index is 2.67. The summed E-state index contributed by atoms with van der Waals surface area (Å²) in [5, 5.41) is 0. The summed E-state index contributed by atoms with van der Waals surface area (Å²) in [6.07, 6.45) is 6.62. The fourth-order valence-electron chi connectivity index (χ4n) is 1.54. The van der Waals surface area contributed by atoms with Crippen LogP contribution in [0.3, 0.4) is 0 Å². The van der Waals surface area contributed by atoms with Crippen LogP contribution in [0.5, 0.6) is 0 Å². The van der Waals surface area contributed by atoms with Crippen molar-refractivity contribution in [1.82, 2.24) is 19.9 Å². The molecule has 0 saturated heterocycles. The van der Waals surface area contributed by atoms with Gasteiger partial charge in [-0.25, -0.2) is 0 Å². The Hall–Kier alpha value is -1.14. The van der Waals surface area contributed by atoms with Crippen LogP contribution in [0.25, 0.3) is 22.1 Å². The van der Waals surface area contributed by atoms with Crippen molar-refractivity contribution in [3.05, 3.63) is 33.7 Å². The largest absolute Gasteiger partial charge is 0.252 e. The summed E-state index contributed by atoms with van der Waals surface area (Å²) in [6, 6.07) is 0. The smallest absolute Gasteiger partial charge is 0.106 e. The number of benzene rings is 1. The van der Waals surface area contributed by atoms with Gasteiger partial charge in [-0.3, -0.25) is 19.9 Å². The van der Waals surface area contributed by atoms with Crippen molar-refractivity contribution in [3.8, 4) is 0 Å². The zero-order chi connectivity index (χ0) is 11.1. The summed E-state index contributed by atoms with van der Waals surface area (Å²) in [7, 11) is 0. The van der Waals surface area contributed by atoms with Gasteiger partial charge in [0.2, 0.25) is 0 Å². The Kier molecular flexibility index (Phi) is 2.33. The van der Waals surface area contributed by atoms with Crippen molar-refractivity contribution in [1.29, 1.82) is 0 Å². The predicted molar refractivity (Wildman–Crippen MR) is 68.0 cm³/mol. The highest BCUT2D eigenvalue weighted by atomic mass is 79.9. The van der Waals surface area contributed by atoms with E-state index in [-0.39, 0.29) is 0 Å². The topological polar surface area (TPSA) is 51.6 Å². The van der Waals surface area contributed by atoms with Crippen LogP contribution in [0.4, 0.5) is 0 Å². The lowest BCUT2D eigenvalue weighted by Crippen LogP contribution is -1.91. The lowest BCUT2D eigenvalue weighted by atomic mass is 10.2. The molecule has 0 radical (unpaired) electrons. The molecule has 0 amide bonds. The first kappa shape index (κ1) is 10.0. The molecule has 2 aromatic heterocycles. The lowest BCUT2D eigenvalue weighted by molar-refractivity contribution is 1.25. The quantitative estimate of drug-likeness (QED) is 0.590. The van der Waals surface area contributed by atoms with Gasteiger partial charge < -0.3 is 0 Å². The number of rotatable bonds is 0. The first-order chi connectivity index (χ1) is 7.79. The van der Waals surface area contributed by atoms with Gasteiger partial charge in [-0.05, 0) is 31.9 Å². The molecular weight excluding hydrogens is 336 g/mol. The van der Waals surface area contributed by atoms with Gasteiger partial charge in [0.1, 0.15) is 22.1 Å². The van der Waals surface area contributed by atoms with Crippen molar-refractivity contribution in [2.45, 2.75) is 0 Å². The van der Waals surface area contributed by atoms with Gasteiger partial charge >= 0.3 is 0 Å². The fraction of sp³-hybridized carbons (Fsp3) is 0. The normalized spacial score (nSPS) is 11.1. The van der Waals surface area contributed by atoms with Gasteiger partial charge in [0.25, 0.3) is 0 Å². The first-order valence-corrected chi connectivity index (χ1v) is 6.06. The summed E-state index contributed by atoms with van der Waals surface area (Å²) in [6.45, 7) is 0. The van der Waals surface area contributed by atoms with E-state index in [1.807, 2.05) is 0 Å². The third-order valence-corrected chi connectivity index (χ3v) is 3.73. The predicted octanol–water partition coefficient (Wildman–Crippen LogP) is 3.10. The Morgan fingerprint density at radius 1 is 0.562 bits per heavy atom. The third-order valence-electron chi connectivity index (χ3n) is 2.23. The van der Waals surface area contributed by atoms with Gasteiger partial charge in [-0.15, -0.1) is 0 Å². The van der Waals surface area contributed by atoms with Gasteiger partial charge in [0.15, 0.2) is 0 Å². The van der Waals surface area contributed by atoms with Gasteiger partial charge in [0, 0.05) is 24.8 Å². The molecule has 6 heteroatoms. The SMILES string of the molecule is Brc1c2nccnc2c(Br)c2nccnc12. The highest BCUT2D eigenvalue weighted by Crippen LogP contribution is 2.34. The maximum atomic E-state index is 4.28. The Morgan fingerprint density at radius 2 is 0.812 bits per heavy atom. The van der Waals surface area contributed by atoms with E-state index in [9.17, 15) is 0 Å². The summed E-state index contributed by atoms with van der Waals surface area (Å²) < 4.78 is 1.64. The lowest BCUT2D eigenvalue weighted by Gasteiger charge is -2.05. The minimum Gasteiger partial charge on any atom is -0.252 e. The molecule has 1 aromatic carbocycles. The van der Waals surface area contributed by atoms with Crippen LogP contribution in [0.15, 0.2) is 33.7 Å². The van der Waals surface area contributed by atoms with E-state index < -0.39 is 0 Å². The molecule has 78 valence electrons. The van der Waals surface area contributed by atoms with Gasteiger partial charge in [-0.2, -0.15) is 0 Å². The zero-order valence-electron chi connectivity index (χ0n) is 7.85. The van der Waals surface area contributed by atoms with E-state index in [4.69, 9.17) is 0 Å². The van der Waals surface area contributed by atoms with E-state index in [0.29, 0.717) is 0 Å². The molecule has 4 nitrogen and oxygen atoms in total. The van der Waals surface area contributed by atoms with Crippen LogP contribution in [-0.4, -0.2) is 19.9 Å². The Bertz CT molecular complexity index is 582. The molecular formula is C10H4Br2N4. The third kappa shape index (κ3) is 1.33. The van der Waals surface area contributed by atoms with Crippen molar-refractivity contribution in [2.24, 2.45) is 0 Å². The van der Waals surface area contributed by atoms with Crippen molar-refractivity contribution in [2.75, 3.05) is 0 Å². The van der Waals surface area contributed by atoms with Crippen molar-refractivity contribution in [3.63, 3.8) is 0 Å². The van der Waals surface area contributed by atoms with Crippen LogP contribution in [-0.2, 0) is 0 Å². The molecule has 0 aliphatic heterocycles. The van der Waals surface area contributed by atoms with E-state index >= 15 is 0 Å². The molecule has 0 aliphatic rings. The van der Waals surface area contributed by atoms with E-state index in [1.54, 1.807) is 24.8 Å². The Morgan fingerprint density at radius 3 is 1.06 bits per heavy atom. The van der Waals surface area contributed by atoms with Crippen LogP contribution in [0, 0.1) is 0 Å². The molecule has 16 heavy (non-hydrogen) atoms. The maximum Gasteiger partial charge on any atom is 0.106 e. The van der Waals surface area contributed by atoms with Gasteiger partial charge in [0.05, 0.1) is 8.95 Å². The van der Waals surface area contributed by atoms with Gasteiger partial charge in [-0.1, -0.05) is 0 Å². The molecule has 2 heterocycles. The highest BCUT2D eigenvalue weighted by Gasteiger charge is 2.13. The minimum atomic E-state index is 0.780. The summed E-state index contributed by atoms with van der Waals surface area (Å²) in [4.78, 5) is 17.1. The summed E-state index contributed by atoms with van der Waals surface area (Å²) >= 11 is 6.98. The highest BCUT2D eigenvalue weighted by molar-refractivity contribution is 9.11. The molecule has 0 bridgehead atoms. The maximum absolute atomic E-state index is 4.28. The Labute approximate surface area is 107 Å². The average Bonchev–Trinajstić information content (AvgIpc) is 2.36. The van der Waals surface area contributed by atoms with Crippen molar-refractivity contribution < 1.29 is 0 Å². The molecule has 0 N–H and O–H groups in total. The molecule has 0 atom stereocenters. The average molecular weight is 340 g/mol.